The van der Waals surface area contributed by atoms with Gasteiger partial charge in [0, 0.05) is 6.54 Å². The summed E-state index contributed by atoms with van der Waals surface area (Å²) in [5, 5.41) is 2.90. The highest BCUT2D eigenvalue weighted by Crippen LogP contribution is 1.98. The number of aromatic nitrogens is 2. The average molecular weight is 230 g/mol. The fourth-order valence-corrected chi connectivity index (χ4v) is 1.77. The van der Waals surface area contributed by atoms with Crippen LogP contribution in [0.3, 0.4) is 0 Å². The first-order chi connectivity index (χ1) is 8.18. The minimum atomic E-state index is -0.0659. The Bertz CT molecular complexity index is 497. The average Bonchev–Trinajstić information content (AvgIpc) is 2.67. The molecule has 0 aliphatic rings. The number of imidazole rings is 1. The third-order valence-electron chi connectivity index (χ3n) is 2.68. The SMILES string of the molecule is Cn1cc[n+](C)c1C(=O)NCc1ccccc1. The summed E-state index contributed by atoms with van der Waals surface area (Å²) < 4.78 is 3.61. The molecule has 1 heterocycles. The summed E-state index contributed by atoms with van der Waals surface area (Å²) in [6, 6.07) is 9.87. The Balaban J connectivity index is 2.04. The summed E-state index contributed by atoms with van der Waals surface area (Å²) in [6.07, 6.45) is 3.72. The van der Waals surface area contributed by atoms with Gasteiger partial charge in [-0.3, -0.25) is 4.79 Å². The monoisotopic (exact) mass is 230 g/mol. The van der Waals surface area contributed by atoms with Crippen molar-refractivity contribution < 1.29 is 9.36 Å². The van der Waals surface area contributed by atoms with Crippen LogP contribution >= 0.6 is 0 Å². The Labute approximate surface area is 101 Å². The van der Waals surface area contributed by atoms with Crippen molar-refractivity contribution in [3.05, 3.63) is 54.1 Å². The first-order valence-electron chi connectivity index (χ1n) is 5.51. The van der Waals surface area contributed by atoms with Crippen molar-refractivity contribution in [1.29, 1.82) is 0 Å². The molecule has 1 amide bonds. The van der Waals surface area contributed by atoms with Crippen LogP contribution < -0.4 is 9.88 Å². The van der Waals surface area contributed by atoms with Gasteiger partial charge < -0.3 is 5.32 Å². The van der Waals surface area contributed by atoms with Gasteiger partial charge in [0.15, 0.2) is 0 Å². The second kappa shape index (κ2) is 4.82. The third-order valence-corrected chi connectivity index (χ3v) is 2.68. The number of nitrogens with zero attached hydrogens (tertiary/aromatic N) is 2. The Morgan fingerprint density at radius 3 is 2.65 bits per heavy atom. The zero-order valence-corrected chi connectivity index (χ0v) is 10.1. The first-order valence-corrected chi connectivity index (χ1v) is 5.51. The summed E-state index contributed by atoms with van der Waals surface area (Å²) in [4.78, 5) is 12.0. The summed E-state index contributed by atoms with van der Waals surface area (Å²) in [5.41, 5.74) is 1.10. The van der Waals surface area contributed by atoms with Crippen molar-refractivity contribution in [2.24, 2.45) is 14.1 Å². The Kier molecular flexibility index (Phi) is 3.23. The van der Waals surface area contributed by atoms with Crippen molar-refractivity contribution in [3.8, 4) is 0 Å². The van der Waals surface area contributed by atoms with E-state index >= 15 is 0 Å². The van der Waals surface area contributed by atoms with Gasteiger partial charge in [0.1, 0.15) is 12.4 Å². The van der Waals surface area contributed by atoms with Gasteiger partial charge in [-0.05, 0) is 5.56 Å². The minimum absolute atomic E-state index is 0.0659. The van der Waals surface area contributed by atoms with Crippen molar-refractivity contribution in [3.63, 3.8) is 0 Å². The number of amides is 1. The Morgan fingerprint density at radius 2 is 2.06 bits per heavy atom. The van der Waals surface area contributed by atoms with Crippen LogP contribution in [-0.4, -0.2) is 10.5 Å². The highest BCUT2D eigenvalue weighted by Gasteiger charge is 2.20. The van der Waals surface area contributed by atoms with Crippen molar-refractivity contribution in [1.82, 2.24) is 9.88 Å². The lowest BCUT2D eigenvalue weighted by Gasteiger charge is -2.03. The maximum Gasteiger partial charge on any atom is 0.347 e. The Morgan fingerprint density at radius 1 is 1.35 bits per heavy atom. The van der Waals surface area contributed by atoms with Crippen LogP contribution in [0.15, 0.2) is 42.7 Å². The molecular formula is C13H16N3O+. The van der Waals surface area contributed by atoms with Crippen LogP contribution in [0.1, 0.15) is 16.2 Å². The van der Waals surface area contributed by atoms with Gasteiger partial charge >= 0.3 is 11.7 Å². The lowest BCUT2D eigenvalue weighted by Crippen LogP contribution is -2.40. The molecule has 0 bridgehead atoms. The second-order valence-electron chi connectivity index (χ2n) is 4.01. The fourth-order valence-electron chi connectivity index (χ4n) is 1.77. The molecule has 0 unspecified atom stereocenters. The summed E-state index contributed by atoms with van der Waals surface area (Å²) >= 11 is 0. The summed E-state index contributed by atoms with van der Waals surface area (Å²) in [7, 11) is 3.72. The lowest BCUT2D eigenvalue weighted by molar-refractivity contribution is -0.673. The normalized spacial score (nSPS) is 10.2. The molecule has 0 atom stereocenters. The molecule has 88 valence electrons. The number of benzene rings is 1. The topological polar surface area (TPSA) is 37.9 Å². The van der Waals surface area contributed by atoms with E-state index in [1.165, 1.54) is 0 Å². The molecule has 0 saturated carbocycles. The molecule has 0 spiro atoms. The molecule has 4 heteroatoms. The van der Waals surface area contributed by atoms with Crippen LogP contribution in [0.25, 0.3) is 0 Å². The number of carbonyl (C=O) groups excluding carboxylic acids is 1. The van der Waals surface area contributed by atoms with Crippen LogP contribution in [0, 0.1) is 0 Å². The van der Waals surface area contributed by atoms with E-state index in [9.17, 15) is 4.79 Å². The number of rotatable bonds is 3. The van der Waals surface area contributed by atoms with Gasteiger partial charge in [-0.2, -0.15) is 0 Å². The highest BCUT2D eigenvalue weighted by molar-refractivity contribution is 5.89. The first kappa shape index (κ1) is 11.4. The molecule has 0 fully saturated rings. The second-order valence-corrected chi connectivity index (χ2v) is 4.01. The number of aryl methyl sites for hydroxylation is 2. The smallest absolute Gasteiger partial charge is 0.341 e. The van der Waals surface area contributed by atoms with Gasteiger partial charge in [0.05, 0.1) is 14.1 Å². The standard InChI is InChI=1S/C13H15N3O/c1-15-8-9-16(2)13(15)12(17)14-10-11-6-4-3-5-7-11/h3-9H,10H2,1-2H3/p+1. The van der Waals surface area contributed by atoms with E-state index in [4.69, 9.17) is 0 Å². The third kappa shape index (κ3) is 2.53. The lowest BCUT2D eigenvalue weighted by atomic mass is 10.2. The molecule has 17 heavy (non-hydrogen) atoms. The van der Waals surface area contributed by atoms with Crippen LogP contribution in [0.2, 0.25) is 0 Å². The number of carbonyl (C=O) groups is 1. The van der Waals surface area contributed by atoms with Crippen molar-refractivity contribution in [2.75, 3.05) is 0 Å². The van der Waals surface area contributed by atoms with Gasteiger partial charge in [0.25, 0.3) is 0 Å². The molecule has 0 radical (unpaired) electrons. The molecule has 1 aromatic carbocycles. The maximum atomic E-state index is 12.0. The largest absolute Gasteiger partial charge is 0.347 e. The summed E-state index contributed by atoms with van der Waals surface area (Å²) in [6.45, 7) is 0.546. The van der Waals surface area contributed by atoms with E-state index in [1.807, 2.05) is 56.8 Å². The summed E-state index contributed by atoms with van der Waals surface area (Å²) in [5.74, 6) is 0.574. The van der Waals surface area contributed by atoms with Gasteiger partial charge in [-0.15, -0.1) is 0 Å². The molecule has 4 nitrogen and oxygen atoms in total. The van der Waals surface area contributed by atoms with Crippen molar-refractivity contribution >= 4 is 5.91 Å². The fraction of sp³-hybridized carbons (Fsp3) is 0.231. The molecule has 0 aliphatic carbocycles. The van der Waals surface area contributed by atoms with E-state index in [0.717, 1.165) is 5.56 Å². The van der Waals surface area contributed by atoms with Gasteiger partial charge in [-0.1, -0.05) is 30.3 Å². The van der Waals surface area contributed by atoms with Crippen molar-refractivity contribution in [2.45, 2.75) is 6.54 Å². The molecular weight excluding hydrogens is 214 g/mol. The van der Waals surface area contributed by atoms with E-state index in [2.05, 4.69) is 5.32 Å². The molecule has 0 aliphatic heterocycles. The predicted octanol–water partition coefficient (Wildman–Crippen LogP) is 0.780. The highest BCUT2D eigenvalue weighted by atomic mass is 16.2. The number of hydrogen-bond acceptors (Lipinski definition) is 1. The zero-order chi connectivity index (χ0) is 12.3. The van der Waals surface area contributed by atoms with E-state index < -0.39 is 0 Å². The molecule has 0 saturated heterocycles. The molecule has 1 aromatic heterocycles. The van der Waals surface area contributed by atoms with Gasteiger partial charge in [-0.25, -0.2) is 9.13 Å². The number of nitrogens with one attached hydrogen (secondary N) is 1. The van der Waals surface area contributed by atoms with E-state index in [-0.39, 0.29) is 5.91 Å². The van der Waals surface area contributed by atoms with E-state index in [0.29, 0.717) is 12.4 Å². The molecule has 2 rings (SSSR count). The Hall–Kier alpha value is -2.10. The van der Waals surface area contributed by atoms with Crippen LogP contribution in [-0.2, 0) is 20.6 Å². The zero-order valence-electron chi connectivity index (χ0n) is 10.1. The quantitative estimate of drug-likeness (QED) is 0.777. The maximum absolute atomic E-state index is 12.0. The van der Waals surface area contributed by atoms with E-state index in [1.54, 1.807) is 9.13 Å². The number of hydrogen-bond donors (Lipinski definition) is 1. The van der Waals surface area contributed by atoms with Crippen LogP contribution in [0.5, 0.6) is 0 Å². The van der Waals surface area contributed by atoms with Crippen LogP contribution in [0.4, 0.5) is 0 Å². The minimum Gasteiger partial charge on any atom is -0.341 e. The molecule has 1 N–H and O–H groups in total. The molecule has 2 aromatic rings. The predicted molar refractivity (Wildman–Crippen MR) is 64.2 cm³/mol. The van der Waals surface area contributed by atoms with Gasteiger partial charge in [0.2, 0.25) is 0 Å².